The molecule has 0 aliphatic heterocycles. The van der Waals surface area contributed by atoms with Gasteiger partial charge in [-0.15, -0.1) is 11.3 Å². The maximum Gasteiger partial charge on any atom is 0.0694 e. The van der Waals surface area contributed by atoms with Crippen LogP contribution in [0.25, 0.3) is 0 Å². The van der Waals surface area contributed by atoms with Gasteiger partial charge in [0.05, 0.1) is 6.10 Å². The summed E-state index contributed by atoms with van der Waals surface area (Å²) >= 11 is 5.26. The third-order valence-electron chi connectivity index (χ3n) is 2.74. The van der Waals surface area contributed by atoms with Crippen LogP contribution in [0.2, 0.25) is 0 Å². The van der Waals surface area contributed by atoms with Gasteiger partial charge >= 0.3 is 0 Å². The van der Waals surface area contributed by atoms with Crippen molar-refractivity contribution in [1.29, 1.82) is 0 Å². The SMILES string of the molecule is CC(N[C@@H]1CC[C@H]1O)c1sccc1Br. The van der Waals surface area contributed by atoms with E-state index in [4.69, 9.17) is 0 Å². The molecule has 0 saturated heterocycles. The molecule has 0 amide bonds. The zero-order valence-electron chi connectivity index (χ0n) is 8.03. The smallest absolute Gasteiger partial charge is 0.0694 e. The minimum absolute atomic E-state index is 0.142. The van der Waals surface area contributed by atoms with E-state index in [0.29, 0.717) is 12.1 Å². The zero-order valence-corrected chi connectivity index (χ0v) is 10.4. The number of rotatable bonds is 3. The molecular weight excluding hydrogens is 262 g/mol. The molecule has 4 heteroatoms. The van der Waals surface area contributed by atoms with Crippen molar-refractivity contribution in [2.45, 2.75) is 38.0 Å². The fraction of sp³-hybridized carbons (Fsp3) is 0.600. The fourth-order valence-electron chi connectivity index (χ4n) is 1.69. The van der Waals surface area contributed by atoms with Crippen LogP contribution in [0, 0.1) is 0 Å². The predicted molar refractivity (Wildman–Crippen MR) is 62.6 cm³/mol. The molecule has 0 bridgehead atoms. The molecule has 1 aromatic rings. The minimum Gasteiger partial charge on any atom is -0.392 e. The maximum atomic E-state index is 9.45. The molecule has 2 N–H and O–H groups in total. The number of nitrogens with one attached hydrogen (secondary N) is 1. The summed E-state index contributed by atoms with van der Waals surface area (Å²) in [5.74, 6) is 0. The van der Waals surface area contributed by atoms with Crippen molar-refractivity contribution in [2.24, 2.45) is 0 Å². The van der Waals surface area contributed by atoms with Gasteiger partial charge in [0.25, 0.3) is 0 Å². The lowest BCUT2D eigenvalue weighted by Crippen LogP contribution is -2.48. The first-order chi connectivity index (χ1) is 6.68. The van der Waals surface area contributed by atoms with Gasteiger partial charge in [-0.3, -0.25) is 0 Å². The van der Waals surface area contributed by atoms with Crippen LogP contribution in [0.15, 0.2) is 15.9 Å². The highest BCUT2D eigenvalue weighted by Gasteiger charge is 2.30. The second-order valence-corrected chi connectivity index (χ2v) is 5.57. The predicted octanol–water partition coefficient (Wildman–Crippen LogP) is 2.68. The Hall–Kier alpha value is 0.100. The van der Waals surface area contributed by atoms with Crippen LogP contribution in [0.1, 0.15) is 30.7 Å². The molecule has 14 heavy (non-hydrogen) atoms. The fourth-order valence-corrected chi connectivity index (χ4v) is 3.42. The van der Waals surface area contributed by atoms with Gasteiger partial charge in [0, 0.05) is 21.4 Å². The van der Waals surface area contributed by atoms with E-state index in [9.17, 15) is 5.11 Å². The molecule has 0 aromatic carbocycles. The van der Waals surface area contributed by atoms with Gasteiger partial charge in [0.1, 0.15) is 0 Å². The van der Waals surface area contributed by atoms with Crippen molar-refractivity contribution in [3.8, 4) is 0 Å². The largest absolute Gasteiger partial charge is 0.392 e. The number of hydrogen-bond donors (Lipinski definition) is 2. The monoisotopic (exact) mass is 275 g/mol. The summed E-state index contributed by atoms with van der Waals surface area (Å²) in [6, 6.07) is 2.68. The average Bonchev–Trinajstić information content (AvgIpc) is 2.58. The van der Waals surface area contributed by atoms with Gasteiger partial charge in [0.2, 0.25) is 0 Å². The third kappa shape index (κ3) is 2.03. The Morgan fingerprint density at radius 3 is 2.86 bits per heavy atom. The van der Waals surface area contributed by atoms with Crippen molar-refractivity contribution in [3.05, 3.63) is 20.8 Å². The Bertz CT molecular complexity index is 315. The van der Waals surface area contributed by atoms with Crippen LogP contribution in [0.5, 0.6) is 0 Å². The van der Waals surface area contributed by atoms with E-state index >= 15 is 0 Å². The Labute approximate surface area is 96.5 Å². The summed E-state index contributed by atoms with van der Waals surface area (Å²) < 4.78 is 1.16. The summed E-state index contributed by atoms with van der Waals surface area (Å²) in [6.07, 6.45) is 1.89. The standard InChI is InChI=1S/C10H14BrNOS/c1-6(10-7(11)4-5-14-10)12-8-2-3-9(8)13/h4-6,8-9,12-13H,2-3H2,1H3/t6?,8-,9-/m1/s1. The molecule has 1 saturated carbocycles. The van der Waals surface area contributed by atoms with Crippen molar-refractivity contribution in [2.75, 3.05) is 0 Å². The van der Waals surface area contributed by atoms with Crippen molar-refractivity contribution in [3.63, 3.8) is 0 Å². The van der Waals surface area contributed by atoms with E-state index in [1.807, 2.05) is 0 Å². The number of aliphatic hydroxyl groups is 1. The number of thiophene rings is 1. The van der Waals surface area contributed by atoms with Gasteiger partial charge in [-0.2, -0.15) is 0 Å². The van der Waals surface area contributed by atoms with Crippen molar-refractivity contribution < 1.29 is 5.11 Å². The van der Waals surface area contributed by atoms with Gasteiger partial charge in [0.15, 0.2) is 0 Å². The summed E-state index contributed by atoms with van der Waals surface area (Å²) in [4.78, 5) is 1.31. The van der Waals surface area contributed by atoms with E-state index in [0.717, 1.165) is 17.3 Å². The Morgan fingerprint density at radius 1 is 1.64 bits per heavy atom. The van der Waals surface area contributed by atoms with Crippen molar-refractivity contribution >= 4 is 27.3 Å². The van der Waals surface area contributed by atoms with E-state index < -0.39 is 0 Å². The molecule has 3 atom stereocenters. The summed E-state index contributed by atoms with van der Waals surface area (Å²) in [5.41, 5.74) is 0. The highest BCUT2D eigenvalue weighted by atomic mass is 79.9. The minimum atomic E-state index is -0.142. The quantitative estimate of drug-likeness (QED) is 0.889. The first-order valence-electron chi connectivity index (χ1n) is 4.85. The summed E-state index contributed by atoms with van der Waals surface area (Å²) in [7, 11) is 0. The first kappa shape index (κ1) is 10.6. The number of aliphatic hydroxyl groups excluding tert-OH is 1. The molecule has 1 aliphatic rings. The second kappa shape index (κ2) is 4.31. The van der Waals surface area contributed by atoms with Gasteiger partial charge in [-0.1, -0.05) is 0 Å². The Kier molecular flexibility index (Phi) is 3.27. The van der Waals surface area contributed by atoms with E-state index in [2.05, 4.69) is 39.6 Å². The molecule has 1 aromatic heterocycles. The molecule has 0 radical (unpaired) electrons. The van der Waals surface area contributed by atoms with E-state index in [1.54, 1.807) is 11.3 Å². The van der Waals surface area contributed by atoms with Crippen LogP contribution >= 0.6 is 27.3 Å². The summed E-state index contributed by atoms with van der Waals surface area (Å²) in [5, 5.41) is 15.0. The Morgan fingerprint density at radius 2 is 2.43 bits per heavy atom. The number of hydrogen-bond acceptors (Lipinski definition) is 3. The van der Waals surface area contributed by atoms with Gasteiger partial charge in [-0.05, 0) is 47.1 Å². The first-order valence-corrected chi connectivity index (χ1v) is 6.52. The molecule has 1 aliphatic carbocycles. The molecule has 1 unspecified atom stereocenters. The molecular formula is C10H14BrNOS. The van der Waals surface area contributed by atoms with Crippen molar-refractivity contribution in [1.82, 2.24) is 5.32 Å². The van der Waals surface area contributed by atoms with Gasteiger partial charge in [-0.25, -0.2) is 0 Å². The van der Waals surface area contributed by atoms with Crippen LogP contribution in [0.4, 0.5) is 0 Å². The van der Waals surface area contributed by atoms with Gasteiger partial charge < -0.3 is 10.4 Å². The normalized spacial score (nSPS) is 28.5. The zero-order chi connectivity index (χ0) is 10.1. The molecule has 0 spiro atoms. The Balaban J connectivity index is 1.95. The second-order valence-electron chi connectivity index (χ2n) is 3.77. The van der Waals surface area contributed by atoms with Crippen LogP contribution in [-0.4, -0.2) is 17.3 Å². The molecule has 1 heterocycles. The van der Waals surface area contributed by atoms with Crippen LogP contribution in [-0.2, 0) is 0 Å². The van der Waals surface area contributed by atoms with E-state index in [-0.39, 0.29) is 6.10 Å². The third-order valence-corrected chi connectivity index (χ3v) is 4.79. The van der Waals surface area contributed by atoms with Crippen LogP contribution in [0.3, 0.4) is 0 Å². The molecule has 2 nitrogen and oxygen atoms in total. The average molecular weight is 276 g/mol. The summed E-state index contributed by atoms with van der Waals surface area (Å²) in [6.45, 7) is 2.14. The van der Waals surface area contributed by atoms with E-state index in [1.165, 1.54) is 4.88 Å². The highest BCUT2D eigenvalue weighted by molar-refractivity contribution is 9.10. The lowest BCUT2D eigenvalue weighted by Gasteiger charge is -2.35. The number of halogens is 1. The maximum absolute atomic E-state index is 9.45. The van der Waals surface area contributed by atoms with Crippen LogP contribution < -0.4 is 5.32 Å². The molecule has 2 rings (SSSR count). The topological polar surface area (TPSA) is 32.3 Å². The lowest BCUT2D eigenvalue weighted by atomic mass is 9.88. The highest BCUT2D eigenvalue weighted by Crippen LogP contribution is 2.31. The molecule has 78 valence electrons. The molecule has 1 fully saturated rings. The lowest BCUT2D eigenvalue weighted by molar-refractivity contribution is 0.0451.